The first-order chi connectivity index (χ1) is 7.68. The third kappa shape index (κ3) is 2.19. The molecule has 0 saturated carbocycles. The molecule has 2 N–H and O–H groups in total. The number of phenols is 2. The summed E-state index contributed by atoms with van der Waals surface area (Å²) in [5.74, 6) is 0.316. The van der Waals surface area contributed by atoms with Gasteiger partial charge in [0, 0.05) is 5.56 Å². The van der Waals surface area contributed by atoms with E-state index in [0.29, 0.717) is 5.56 Å². The van der Waals surface area contributed by atoms with E-state index in [-0.39, 0.29) is 16.3 Å². The Morgan fingerprint density at radius 3 is 2.31 bits per heavy atom. The van der Waals surface area contributed by atoms with E-state index in [1.807, 2.05) is 30.3 Å². The molecular formula is C13H11BrO2. The molecule has 2 nitrogen and oxygen atoms in total. The summed E-state index contributed by atoms with van der Waals surface area (Å²) in [5.41, 5.74) is 1.69. The zero-order valence-electron chi connectivity index (χ0n) is 8.47. The lowest BCUT2D eigenvalue weighted by Gasteiger charge is -2.12. The summed E-state index contributed by atoms with van der Waals surface area (Å²) >= 11 is 3.51. The molecule has 0 heterocycles. The van der Waals surface area contributed by atoms with Crippen molar-refractivity contribution in [3.05, 3.63) is 59.7 Å². The number of alkyl halides is 1. The van der Waals surface area contributed by atoms with Gasteiger partial charge < -0.3 is 10.2 Å². The van der Waals surface area contributed by atoms with Crippen LogP contribution in [0.2, 0.25) is 0 Å². The first-order valence-corrected chi connectivity index (χ1v) is 5.81. The summed E-state index contributed by atoms with van der Waals surface area (Å²) in [4.78, 5) is -0.124. The van der Waals surface area contributed by atoms with Crippen molar-refractivity contribution >= 4 is 15.9 Å². The van der Waals surface area contributed by atoms with Crippen LogP contribution in [-0.2, 0) is 0 Å². The van der Waals surface area contributed by atoms with Crippen molar-refractivity contribution in [2.24, 2.45) is 0 Å². The zero-order chi connectivity index (χ0) is 11.5. The van der Waals surface area contributed by atoms with Crippen LogP contribution < -0.4 is 0 Å². The fraction of sp³-hybridized carbons (Fsp3) is 0.0769. The van der Waals surface area contributed by atoms with Gasteiger partial charge in [-0.2, -0.15) is 0 Å². The number of benzene rings is 2. The van der Waals surface area contributed by atoms with Crippen LogP contribution in [0.25, 0.3) is 0 Å². The number of rotatable bonds is 2. The van der Waals surface area contributed by atoms with Crippen molar-refractivity contribution in [2.45, 2.75) is 4.83 Å². The second kappa shape index (κ2) is 4.58. The van der Waals surface area contributed by atoms with Crippen LogP contribution in [0, 0.1) is 0 Å². The summed E-state index contributed by atoms with van der Waals surface area (Å²) < 4.78 is 0. The lowest BCUT2D eigenvalue weighted by atomic mass is 10.0. The third-order valence-electron chi connectivity index (χ3n) is 2.38. The highest BCUT2D eigenvalue weighted by atomic mass is 79.9. The van der Waals surface area contributed by atoms with Crippen LogP contribution in [0.5, 0.6) is 11.5 Å². The Labute approximate surface area is 102 Å². The number of hydrogen-bond donors (Lipinski definition) is 2. The highest BCUT2D eigenvalue weighted by Gasteiger charge is 2.14. The maximum absolute atomic E-state index is 9.73. The Morgan fingerprint density at radius 2 is 1.62 bits per heavy atom. The number of aromatic hydroxyl groups is 2. The Bertz CT molecular complexity index is 483. The smallest absolute Gasteiger partial charge is 0.120 e. The predicted molar refractivity (Wildman–Crippen MR) is 67.0 cm³/mol. The van der Waals surface area contributed by atoms with E-state index in [2.05, 4.69) is 15.9 Å². The molecule has 3 heteroatoms. The predicted octanol–water partition coefficient (Wildman–Crippen LogP) is 3.58. The van der Waals surface area contributed by atoms with Gasteiger partial charge in [0.15, 0.2) is 0 Å². The van der Waals surface area contributed by atoms with Gasteiger partial charge in [-0.15, -0.1) is 0 Å². The summed E-state index contributed by atoms with van der Waals surface area (Å²) in [6.45, 7) is 0. The quantitative estimate of drug-likeness (QED) is 0.651. The highest BCUT2D eigenvalue weighted by Crippen LogP contribution is 2.37. The minimum Gasteiger partial charge on any atom is -0.508 e. The molecule has 0 aliphatic rings. The lowest BCUT2D eigenvalue weighted by molar-refractivity contribution is 0.455. The molecule has 0 saturated heterocycles. The average molecular weight is 279 g/mol. The van der Waals surface area contributed by atoms with E-state index in [0.717, 1.165) is 5.56 Å². The van der Waals surface area contributed by atoms with Crippen LogP contribution in [0.15, 0.2) is 48.5 Å². The van der Waals surface area contributed by atoms with Crippen LogP contribution in [0.1, 0.15) is 16.0 Å². The molecule has 0 radical (unpaired) electrons. The van der Waals surface area contributed by atoms with Crippen molar-refractivity contribution in [3.8, 4) is 11.5 Å². The summed E-state index contributed by atoms with van der Waals surface area (Å²) in [7, 11) is 0. The fourth-order valence-corrected chi connectivity index (χ4v) is 2.22. The normalized spacial score (nSPS) is 12.3. The Balaban J connectivity index is 2.41. The molecular weight excluding hydrogens is 268 g/mol. The first-order valence-electron chi connectivity index (χ1n) is 4.89. The van der Waals surface area contributed by atoms with Gasteiger partial charge in [-0.25, -0.2) is 0 Å². The van der Waals surface area contributed by atoms with Gasteiger partial charge in [0.1, 0.15) is 11.5 Å². The molecule has 0 spiro atoms. The molecule has 2 aromatic carbocycles. The van der Waals surface area contributed by atoms with Crippen molar-refractivity contribution in [1.82, 2.24) is 0 Å². The third-order valence-corrected chi connectivity index (χ3v) is 3.40. The molecule has 2 rings (SSSR count). The van der Waals surface area contributed by atoms with E-state index < -0.39 is 0 Å². The van der Waals surface area contributed by atoms with E-state index in [1.165, 1.54) is 12.1 Å². The number of halogens is 1. The molecule has 0 fully saturated rings. The van der Waals surface area contributed by atoms with Gasteiger partial charge in [0.2, 0.25) is 0 Å². The van der Waals surface area contributed by atoms with Crippen LogP contribution >= 0.6 is 15.9 Å². The minimum atomic E-state index is -0.124. The van der Waals surface area contributed by atoms with E-state index >= 15 is 0 Å². The van der Waals surface area contributed by atoms with E-state index in [1.54, 1.807) is 6.07 Å². The van der Waals surface area contributed by atoms with Gasteiger partial charge in [0.25, 0.3) is 0 Å². The molecule has 1 atom stereocenters. The molecule has 82 valence electrons. The molecule has 0 bridgehead atoms. The zero-order valence-corrected chi connectivity index (χ0v) is 10.1. The van der Waals surface area contributed by atoms with Crippen LogP contribution in [0.4, 0.5) is 0 Å². The van der Waals surface area contributed by atoms with Crippen molar-refractivity contribution in [3.63, 3.8) is 0 Å². The van der Waals surface area contributed by atoms with E-state index in [9.17, 15) is 10.2 Å². The number of hydrogen-bond acceptors (Lipinski definition) is 2. The largest absolute Gasteiger partial charge is 0.508 e. The van der Waals surface area contributed by atoms with Gasteiger partial charge >= 0.3 is 0 Å². The van der Waals surface area contributed by atoms with Crippen molar-refractivity contribution in [2.75, 3.05) is 0 Å². The maximum atomic E-state index is 9.73. The van der Waals surface area contributed by atoms with E-state index in [4.69, 9.17) is 0 Å². The summed E-state index contributed by atoms with van der Waals surface area (Å²) in [5, 5.41) is 19.1. The molecule has 1 unspecified atom stereocenters. The fourth-order valence-electron chi connectivity index (χ4n) is 1.55. The van der Waals surface area contributed by atoms with Gasteiger partial charge in [-0.3, -0.25) is 0 Å². The SMILES string of the molecule is Oc1ccc(O)c(C(Br)c2ccccc2)c1. The summed E-state index contributed by atoms with van der Waals surface area (Å²) in [6, 6.07) is 14.2. The van der Waals surface area contributed by atoms with Crippen molar-refractivity contribution < 1.29 is 10.2 Å². The summed E-state index contributed by atoms with van der Waals surface area (Å²) in [6.07, 6.45) is 0. The molecule has 0 amide bonds. The molecule has 0 aliphatic carbocycles. The first kappa shape index (κ1) is 11.0. The lowest BCUT2D eigenvalue weighted by Crippen LogP contribution is -1.92. The maximum Gasteiger partial charge on any atom is 0.120 e. The topological polar surface area (TPSA) is 40.5 Å². The molecule has 0 aromatic heterocycles. The molecule has 0 aliphatic heterocycles. The minimum absolute atomic E-state index is 0.124. The van der Waals surface area contributed by atoms with Crippen LogP contribution in [0.3, 0.4) is 0 Å². The monoisotopic (exact) mass is 278 g/mol. The standard InChI is InChI=1S/C13H11BrO2/c14-13(9-4-2-1-3-5-9)11-8-10(15)6-7-12(11)16/h1-8,13,15-16H. The highest BCUT2D eigenvalue weighted by molar-refractivity contribution is 9.09. The Kier molecular flexibility index (Phi) is 3.15. The number of phenolic OH excluding ortho intramolecular Hbond substituents is 2. The second-order valence-electron chi connectivity index (χ2n) is 3.52. The van der Waals surface area contributed by atoms with Crippen LogP contribution in [-0.4, -0.2) is 10.2 Å². The second-order valence-corrected chi connectivity index (χ2v) is 4.43. The average Bonchev–Trinajstić information content (AvgIpc) is 2.32. The van der Waals surface area contributed by atoms with Gasteiger partial charge in [-0.1, -0.05) is 46.3 Å². The molecule has 16 heavy (non-hydrogen) atoms. The Hall–Kier alpha value is -1.48. The molecule has 2 aromatic rings. The Morgan fingerprint density at radius 1 is 0.938 bits per heavy atom. The van der Waals surface area contributed by atoms with Gasteiger partial charge in [-0.05, 0) is 23.8 Å². The van der Waals surface area contributed by atoms with Gasteiger partial charge in [0.05, 0.1) is 4.83 Å². The van der Waals surface area contributed by atoms with Crippen molar-refractivity contribution in [1.29, 1.82) is 0 Å².